The van der Waals surface area contributed by atoms with E-state index in [1.165, 1.54) is 12.8 Å². The molecule has 156 valence electrons. The summed E-state index contributed by atoms with van der Waals surface area (Å²) in [5, 5.41) is 14.8. The van der Waals surface area contributed by atoms with E-state index in [1.807, 2.05) is 19.2 Å². The van der Waals surface area contributed by atoms with Crippen molar-refractivity contribution < 1.29 is 9.90 Å². The first-order valence-electron chi connectivity index (χ1n) is 11.1. The first kappa shape index (κ1) is 18.9. The van der Waals surface area contributed by atoms with Crippen LogP contribution in [0.5, 0.6) is 0 Å². The van der Waals surface area contributed by atoms with Crippen molar-refractivity contribution in [2.45, 2.75) is 64.0 Å². The van der Waals surface area contributed by atoms with Crippen molar-refractivity contribution >= 4 is 22.8 Å². The zero-order valence-corrected chi connectivity index (χ0v) is 17.1. The Morgan fingerprint density at radius 3 is 2.86 bits per heavy atom. The van der Waals surface area contributed by atoms with E-state index in [4.69, 9.17) is 0 Å². The van der Waals surface area contributed by atoms with Crippen molar-refractivity contribution in [1.29, 1.82) is 0 Å². The number of rotatable bonds is 5. The Hall–Kier alpha value is -2.15. The molecule has 1 aliphatic heterocycles. The van der Waals surface area contributed by atoms with Crippen molar-refractivity contribution in [2.24, 2.45) is 17.3 Å². The summed E-state index contributed by atoms with van der Waals surface area (Å²) in [6.45, 7) is 3.64. The third-order valence-corrected chi connectivity index (χ3v) is 7.54. The highest BCUT2D eigenvalue weighted by atomic mass is 16.3. The lowest BCUT2D eigenvalue weighted by Gasteiger charge is -2.40. The molecule has 2 aliphatic carbocycles. The second-order valence-electron chi connectivity index (χ2n) is 9.39. The van der Waals surface area contributed by atoms with Crippen molar-refractivity contribution in [2.75, 3.05) is 18.0 Å². The van der Waals surface area contributed by atoms with Crippen LogP contribution in [-0.2, 0) is 4.79 Å². The molecule has 7 heteroatoms. The molecule has 3 heterocycles. The van der Waals surface area contributed by atoms with E-state index in [2.05, 4.69) is 25.2 Å². The number of aromatic amines is 1. The largest absolute Gasteiger partial charge is 0.391 e. The Bertz CT molecular complexity index is 886. The molecule has 7 nitrogen and oxygen atoms in total. The number of aliphatic hydroxyl groups excluding tert-OH is 1. The van der Waals surface area contributed by atoms with Crippen LogP contribution in [0.1, 0.15) is 51.9 Å². The van der Waals surface area contributed by atoms with Crippen LogP contribution in [0.2, 0.25) is 0 Å². The topological polar surface area (TPSA) is 94.1 Å². The molecule has 1 spiro atoms. The van der Waals surface area contributed by atoms with Gasteiger partial charge in [-0.1, -0.05) is 12.8 Å². The summed E-state index contributed by atoms with van der Waals surface area (Å²) in [6, 6.07) is 1.84. The van der Waals surface area contributed by atoms with Crippen LogP contribution in [0.25, 0.3) is 11.0 Å². The van der Waals surface area contributed by atoms with Gasteiger partial charge in [0.15, 0.2) is 0 Å². The molecular formula is C22H31N5O2. The minimum atomic E-state index is -0.431. The number of aliphatic hydroxyl groups is 1. The Kier molecular flexibility index (Phi) is 4.73. The molecule has 0 unspecified atom stereocenters. The van der Waals surface area contributed by atoms with Gasteiger partial charge in [0.25, 0.3) is 0 Å². The number of aromatic nitrogens is 3. The first-order valence-corrected chi connectivity index (χ1v) is 11.1. The lowest BCUT2D eigenvalue weighted by Crippen LogP contribution is -2.52. The molecular weight excluding hydrogens is 366 g/mol. The molecule has 2 aromatic heterocycles. The van der Waals surface area contributed by atoms with E-state index >= 15 is 0 Å². The van der Waals surface area contributed by atoms with Crippen LogP contribution in [0.4, 0.5) is 5.82 Å². The molecule has 29 heavy (non-hydrogen) atoms. The summed E-state index contributed by atoms with van der Waals surface area (Å²) in [7, 11) is 0. The van der Waals surface area contributed by atoms with Gasteiger partial charge in [0.1, 0.15) is 17.8 Å². The maximum Gasteiger partial charge on any atom is 0.224 e. The van der Waals surface area contributed by atoms with E-state index in [1.54, 1.807) is 6.33 Å². The van der Waals surface area contributed by atoms with Gasteiger partial charge in [-0.2, -0.15) is 0 Å². The first-order chi connectivity index (χ1) is 14.1. The van der Waals surface area contributed by atoms with Gasteiger partial charge in [-0.15, -0.1) is 0 Å². The quantitative estimate of drug-likeness (QED) is 0.721. The maximum atomic E-state index is 13.1. The lowest BCUT2D eigenvalue weighted by molar-refractivity contribution is -0.129. The number of fused-ring (bicyclic) bond motifs is 1. The third-order valence-electron chi connectivity index (χ3n) is 7.54. The molecule has 1 saturated heterocycles. The molecule has 3 atom stereocenters. The standard InChI is InChI=1S/C22H31N5O2/c1-14(18(28)15-4-2-3-5-15)26-21(29)17-7-11-27(12-22(17)8-9-22)20-16-6-10-23-19(16)24-13-25-20/h6,10,13-15,17-18,28H,2-5,7-9,11-12H2,1H3,(H,26,29)(H,23,24,25)/t14-,17+,18+/m0/s1. The van der Waals surface area contributed by atoms with Crippen LogP contribution in [0, 0.1) is 17.3 Å². The number of amides is 1. The summed E-state index contributed by atoms with van der Waals surface area (Å²) in [6.07, 6.45) is 10.6. The number of piperidine rings is 1. The SMILES string of the molecule is C[C@H](NC(=O)[C@H]1CCN(c2ncnc3[nH]ccc23)CC12CC2)[C@@H](O)C1CCCC1. The van der Waals surface area contributed by atoms with Gasteiger partial charge in [-0.3, -0.25) is 4.79 Å². The van der Waals surface area contributed by atoms with E-state index in [-0.39, 0.29) is 23.3 Å². The average Bonchev–Trinajstić information content (AvgIpc) is 3.16. The summed E-state index contributed by atoms with van der Waals surface area (Å²) in [5.74, 6) is 1.46. The van der Waals surface area contributed by atoms with Crippen molar-refractivity contribution in [3.63, 3.8) is 0 Å². The second kappa shape index (κ2) is 7.27. The predicted octanol–water partition coefficient (Wildman–Crippen LogP) is 2.62. The highest BCUT2D eigenvalue weighted by Gasteiger charge is 2.55. The number of nitrogens with zero attached hydrogens (tertiary/aromatic N) is 3. The number of H-pyrrole nitrogens is 1. The smallest absolute Gasteiger partial charge is 0.224 e. The number of nitrogens with one attached hydrogen (secondary N) is 2. The van der Waals surface area contributed by atoms with Crippen molar-refractivity contribution in [3.05, 3.63) is 18.6 Å². The highest BCUT2D eigenvalue weighted by molar-refractivity contribution is 5.87. The van der Waals surface area contributed by atoms with Crippen LogP contribution < -0.4 is 10.2 Å². The van der Waals surface area contributed by atoms with E-state index in [9.17, 15) is 9.90 Å². The van der Waals surface area contributed by atoms with Crippen LogP contribution in [0.15, 0.2) is 18.6 Å². The minimum Gasteiger partial charge on any atom is -0.391 e. The fraction of sp³-hybridized carbons (Fsp3) is 0.682. The maximum absolute atomic E-state index is 13.1. The number of hydrogen-bond acceptors (Lipinski definition) is 5. The molecule has 1 amide bonds. The normalized spacial score (nSPS) is 26.0. The van der Waals surface area contributed by atoms with Crippen LogP contribution in [-0.4, -0.2) is 51.2 Å². The third kappa shape index (κ3) is 3.39. The van der Waals surface area contributed by atoms with E-state index in [0.717, 1.165) is 62.0 Å². The van der Waals surface area contributed by atoms with Gasteiger partial charge in [0.2, 0.25) is 5.91 Å². The second-order valence-corrected chi connectivity index (χ2v) is 9.39. The molecule has 0 aromatic carbocycles. The van der Waals surface area contributed by atoms with E-state index < -0.39 is 6.10 Å². The van der Waals surface area contributed by atoms with Crippen molar-refractivity contribution in [1.82, 2.24) is 20.3 Å². The van der Waals surface area contributed by atoms with Gasteiger partial charge in [-0.25, -0.2) is 9.97 Å². The Morgan fingerprint density at radius 2 is 2.10 bits per heavy atom. The molecule has 3 fully saturated rings. The summed E-state index contributed by atoms with van der Waals surface area (Å²) < 4.78 is 0. The Labute approximate surface area is 171 Å². The Balaban J connectivity index is 1.26. The zero-order valence-electron chi connectivity index (χ0n) is 17.1. The summed E-state index contributed by atoms with van der Waals surface area (Å²) in [5.41, 5.74) is 0.906. The molecule has 3 aliphatic rings. The van der Waals surface area contributed by atoms with Gasteiger partial charge < -0.3 is 20.3 Å². The molecule has 2 aromatic rings. The lowest BCUT2D eigenvalue weighted by atomic mass is 9.81. The Morgan fingerprint density at radius 1 is 1.31 bits per heavy atom. The molecule has 3 N–H and O–H groups in total. The zero-order chi connectivity index (χ0) is 20.0. The predicted molar refractivity (Wildman–Crippen MR) is 111 cm³/mol. The fourth-order valence-corrected chi connectivity index (χ4v) is 5.65. The molecule has 0 bridgehead atoms. The average molecular weight is 398 g/mol. The minimum absolute atomic E-state index is 0.0283. The monoisotopic (exact) mass is 397 g/mol. The number of anilines is 1. The highest BCUT2D eigenvalue weighted by Crippen LogP contribution is 2.56. The van der Waals surface area contributed by atoms with Gasteiger partial charge in [-0.05, 0) is 56.4 Å². The summed E-state index contributed by atoms with van der Waals surface area (Å²) >= 11 is 0. The summed E-state index contributed by atoms with van der Waals surface area (Å²) in [4.78, 5) is 27.4. The number of carbonyl (C=O) groups excluding carboxylic acids is 1. The van der Waals surface area contributed by atoms with Gasteiger partial charge in [0, 0.05) is 25.2 Å². The van der Waals surface area contributed by atoms with E-state index in [0.29, 0.717) is 5.92 Å². The van der Waals surface area contributed by atoms with Gasteiger partial charge in [0.05, 0.1) is 17.5 Å². The number of hydrogen-bond donors (Lipinski definition) is 3. The van der Waals surface area contributed by atoms with Gasteiger partial charge >= 0.3 is 0 Å². The fourth-order valence-electron chi connectivity index (χ4n) is 5.65. The molecule has 5 rings (SSSR count). The van der Waals surface area contributed by atoms with Crippen molar-refractivity contribution in [3.8, 4) is 0 Å². The van der Waals surface area contributed by atoms with Crippen LogP contribution in [0.3, 0.4) is 0 Å². The van der Waals surface area contributed by atoms with Crippen LogP contribution >= 0.6 is 0 Å². The number of carbonyl (C=O) groups is 1. The molecule has 0 radical (unpaired) electrons. The molecule has 2 saturated carbocycles.